The number of carbonyl (C=O) groups is 1. The minimum absolute atomic E-state index is 0.191. The van der Waals surface area contributed by atoms with Gasteiger partial charge >= 0.3 is 0 Å². The summed E-state index contributed by atoms with van der Waals surface area (Å²) in [5, 5.41) is 20.4. The van der Waals surface area contributed by atoms with Gasteiger partial charge in [-0.05, 0) is 0 Å². The van der Waals surface area contributed by atoms with Crippen LogP contribution >= 0.6 is 0 Å². The van der Waals surface area contributed by atoms with Gasteiger partial charge in [-0.2, -0.15) is 0 Å². The average Bonchev–Trinajstić information content (AvgIpc) is 2.87. The first kappa shape index (κ1) is 12.4. The van der Waals surface area contributed by atoms with Crippen molar-refractivity contribution in [3.63, 3.8) is 0 Å². The molecule has 0 saturated carbocycles. The van der Waals surface area contributed by atoms with Crippen LogP contribution < -0.4 is 10.1 Å². The van der Waals surface area contributed by atoms with Crippen LogP contribution in [0.2, 0.25) is 0 Å². The number of benzene rings is 1. The number of hydrogen-bond donors (Lipinski definition) is 1. The topological polar surface area (TPSA) is 113 Å². The summed E-state index contributed by atoms with van der Waals surface area (Å²) in [5.41, 5.74) is -0.444. The fourth-order valence-electron chi connectivity index (χ4n) is 0.987. The maximum atomic E-state index is 10.2. The second-order valence-electron chi connectivity index (χ2n) is 2.91. The van der Waals surface area contributed by atoms with E-state index >= 15 is 0 Å². The molecule has 0 aliphatic rings. The van der Waals surface area contributed by atoms with Gasteiger partial charge in [-0.3, -0.25) is 20.1 Å². The molecule has 0 bridgehead atoms. The van der Waals surface area contributed by atoms with Crippen LogP contribution in [0.5, 0.6) is 0 Å². The highest BCUT2D eigenvalue weighted by Gasteiger charge is 2.04. The van der Waals surface area contributed by atoms with E-state index in [-0.39, 0.29) is 11.3 Å². The molecule has 0 fully saturated rings. The molecule has 17 heavy (non-hydrogen) atoms. The smallest absolute Gasteiger partial charge is 0.270 e. The first-order valence-electron chi connectivity index (χ1n) is 4.56. The summed E-state index contributed by atoms with van der Waals surface area (Å²) in [6.07, 6.45) is 5.39. The zero-order chi connectivity index (χ0) is 12.7. The van der Waals surface area contributed by atoms with Crippen molar-refractivity contribution in [3.05, 3.63) is 58.7 Å². The van der Waals surface area contributed by atoms with Crippen molar-refractivity contribution in [2.75, 3.05) is 0 Å². The molecule has 0 aliphatic carbocycles. The molecular formula is C10H9N3O4. The first-order valence-corrected chi connectivity index (χ1v) is 4.56. The summed E-state index contributed by atoms with van der Waals surface area (Å²) in [6.45, 7) is 0. The predicted octanol–water partition coefficient (Wildman–Crippen LogP) is -0.213. The summed E-state index contributed by atoms with van der Waals surface area (Å²) in [4.78, 5) is 25.4. The van der Waals surface area contributed by atoms with Crippen molar-refractivity contribution < 1.29 is 19.8 Å². The number of nitro benzene ring substituents is 1. The number of carboxylic acids is 1. The molecule has 0 atom stereocenters. The van der Waals surface area contributed by atoms with Crippen molar-refractivity contribution in [1.29, 1.82) is 0 Å². The van der Waals surface area contributed by atoms with E-state index in [2.05, 4.69) is 9.97 Å². The molecule has 0 spiro atoms. The second kappa shape index (κ2) is 6.01. The first-order chi connectivity index (χ1) is 8.11. The van der Waals surface area contributed by atoms with E-state index in [9.17, 15) is 20.0 Å². The number of aromatic amines is 2. The zero-order valence-corrected chi connectivity index (χ0v) is 8.62. The molecule has 88 valence electrons. The van der Waals surface area contributed by atoms with Crippen molar-refractivity contribution >= 4 is 11.7 Å². The number of rotatable bonds is 2. The van der Waals surface area contributed by atoms with Crippen LogP contribution in [0.15, 0.2) is 43.0 Å². The van der Waals surface area contributed by atoms with E-state index in [1.54, 1.807) is 6.33 Å². The standard InChI is InChI=1S/C7H5NO4.C3H4N2/c9-7(10)5-2-1-3-6(4-5)8(11)12;1-2-5-3-4-1/h1-4H,(H,9,10);1-3H,(H,4,5). The number of non-ortho nitro benzene ring substituents is 1. The number of nitro groups is 1. The van der Waals surface area contributed by atoms with Gasteiger partial charge in [0.05, 0.1) is 10.9 Å². The van der Waals surface area contributed by atoms with Gasteiger partial charge < -0.3 is 9.90 Å². The van der Waals surface area contributed by atoms with E-state index in [1.807, 2.05) is 12.4 Å². The van der Waals surface area contributed by atoms with Crippen LogP contribution in [0.3, 0.4) is 0 Å². The van der Waals surface area contributed by atoms with E-state index < -0.39 is 10.9 Å². The van der Waals surface area contributed by atoms with Crippen LogP contribution in [-0.4, -0.2) is 15.9 Å². The molecule has 0 amide bonds. The Morgan fingerprint density at radius 3 is 2.59 bits per heavy atom. The Bertz CT molecular complexity index is 450. The van der Waals surface area contributed by atoms with Gasteiger partial charge in [0.25, 0.3) is 5.69 Å². The summed E-state index contributed by atoms with van der Waals surface area (Å²) < 4.78 is 0. The number of nitrogens with one attached hydrogen (secondary N) is 2. The number of imidazole rings is 1. The summed E-state index contributed by atoms with van der Waals surface area (Å²) >= 11 is 0. The van der Waals surface area contributed by atoms with E-state index in [1.165, 1.54) is 18.2 Å². The Morgan fingerprint density at radius 1 is 1.41 bits per heavy atom. The molecular weight excluding hydrogens is 226 g/mol. The molecule has 7 heteroatoms. The van der Waals surface area contributed by atoms with Crippen LogP contribution in [0.25, 0.3) is 0 Å². The zero-order valence-electron chi connectivity index (χ0n) is 8.62. The van der Waals surface area contributed by atoms with Crippen LogP contribution in [0.1, 0.15) is 10.4 Å². The summed E-state index contributed by atoms with van der Waals surface area (Å²) in [6, 6.07) is 4.70. The highest BCUT2D eigenvalue weighted by atomic mass is 16.6. The molecule has 0 unspecified atom stereocenters. The fourth-order valence-corrected chi connectivity index (χ4v) is 0.987. The summed E-state index contributed by atoms with van der Waals surface area (Å²) in [7, 11) is 0. The molecule has 1 aromatic heterocycles. The largest absolute Gasteiger partial charge is 0.545 e. The van der Waals surface area contributed by atoms with Crippen LogP contribution in [0.4, 0.5) is 5.69 Å². The molecule has 1 aromatic carbocycles. The molecule has 2 aromatic rings. The van der Waals surface area contributed by atoms with Gasteiger partial charge in [-0.15, -0.1) is 0 Å². The number of H-pyrrole nitrogens is 2. The fraction of sp³-hybridized carbons (Fsp3) is 0. The molecule has 1 heterocycles. The normalized spacial score (nSPS) is 8.94. The Morgan fingerprint density at radius 2 is 2.18 bits per heavy atom. The third-order valence-corrected chi connectivity index (χ3v) is 1.74. The van der Waals surface area contributed by atoms with Crippen molar-refractivity contribution in [1.82, 2.24) is 4.98 Å². The highest BCUT2D eigenvalue weighted by Crippen LogP contribution is 2.11. The van der Waals surface area contributed by atoms with Crippen LogP contribution in [0, 0.1) is 10.1 Å². The molecule has 7 nitrogen and oxygen atoms in total. The monoisotopic (exact) mass is 235 g/mol. The minimum Gasteiger partial charge on any atom is -0.545 e. The summed E-state index contributed by atoms with van der Waals surface area (Å²) in [5.74, 6) is -1.42. The number of carbonyl (C=O) groups excluding carboxylic acids is 1. The SMILES string of the molecule is O=C([O-])c1cccc([N+](=O)[O-])c1.c1c[nH+]c[nH]1. The number of aromatic carboxylic acids is 1. The Labute approximate surface area is 95.9 Å². The van der Waals surface area contributed by atoms with Crippen molar-refractivity contribution in [3.8, 4) is 0 Å². The maximum absolute atomic E-state index is 10.2. The van der Waals surface area contributed by atoms with Crippen molar-refractivity contribution in [2.24, 2.45) is 0 Å². The lowest BCUT2D eigenvalue weighted by atomic mass is 10.2. The lowest BCUT2D eigenvalue weighted by Gasteiger charge is -1.99. The Balaban J connectivity index is 0.000000239. The Hall–Kier alpha value is -2.70. The number of hydrogen-bond acceptors (Lipinski definition) is 4. The number of nitrogens with zero attached hydrogens (tertiary/aromatic N) is 1. The Kier molecular flexibility index (Phi) is 4.37. The number of aromatic nitrogens is 2. The van der Waals surface area contributed by atoms with Gasteiger partial charge in [-0.1, -0.05) is 12.1 Å². The molecule has 0 radical (unpaired) electrons. The van der Waals surface area contributed by atoms with Crippen LogP contribution in [-0.2, 0) is 0 Å². The maximum Gasteiger partial charge on any atom is 0.270 e. The molecule has 2 rings (SSSR count). The molecule has 0 saturated heterocycles. The third kappa shape index (κ3) is 4.12. The second-order valence-corrected chi connectivity index (χ2v) is 2.91. The van der Waals surface area contributed by atoms with Gasteiger partial charge in [-0.25, -0.2) is 0 Å². The van der Waals surface area contributed by atoms with Gasteiger partial charge in [0.15, 0.2) is 0 Å². The van der Waals surface area contributed by atoms with E-state index in [4.69, 9.17) is 0 Å². The van der Waals surface area contributed by atoms with Gasteiger partial charge in [0, 0.05) is 17.7 Å². The van der Waals surface area contributed by atoms with Gasteiger partial charge in [0.2, 0.25) is 6.33 Å². The minimum atomic E-state index is -1.42. The third-order valence-electron chi connectivity index (χ3n) is 1.74. The highest BCUT2D eigenvalue weighted by molar-refractivity contribution is 5.86. The predicted molar refractivity (Wildman–Crippen MR) is 54.8 cm³/mol. The average molecular weight is 235 g/mol. The van der Waals surface area contributed by atoms with Gasteiger partial charge in [0.1, 0.15) is 12.4 Å². The van der Waals surface area contributed by atoms with E-state index in [0.717, 1.165) is 6.07 Å². The lowest BCUT2D eigenvalue weighted by Crippen LogP contribution is -2.22. The lowest BCUT2D eigenvalue weighted by molar-refractivity contribution is -0.385. The number of carboxylic acid groups (broad SMARTS) is 1. The molecule has 0 aliphatic heterocycles. The van der Waals surface area contributed by atoms with E-state index in [0.29, 0.717) is 0 Å². The van der Waals surface area contributed by atoms with Crippen molar-refractivity contribution in [2.45, 2.75) is 0 Å². The molecule has 2 N–H and O–H groups in total. The quantitative estimate of drug-likeness (QED) is 0.572.